The van der Waals surface area contributed by atoms with Gasteiger partial charge in [-0.15, -0.1) is 0 Å². The highest BCUT2D eigenvalue weighted by atomic mass is 16.6. The highest BCUT2D eigenvalue weighted by Crippen LogP contribution is 2.19. The lowest BCUT2D eigenvalue weighted by atomic mass is 10.0. The predicted molar refractivity (Wildman–Crippen MR) is 104 cm³/mol. The number of carbonyl (C=O) groups excluding carboxylic acids is 1. The van der Waals surface area contributed by atoms with Crippen molar-refractivity contribution in [3.8, 4) is 0 Å². The Bertz CT molecular complexity index is 757. The maximum Gasteiger partial charge on any atom is 0.407 e. The van der Waals surface area contributed by atoms with Crippen molar-refractivity contribution in [1.29, 1.82) is 0 Å². The number of carbonyl (C=O) groups is 1. The van der Waals surface area contributed by atoms with Crippen LogP contribution in [0.3, 0.4) is 0 Å². The maximum absolute atomic E-state index is 11.9. The summed E-state index contributed by atoms with van der Waals surface area (Å²) in [4.78, 5) is 11.9. The molecule has 0 spiro atoms. The maximum atomic E-state index is 11.9. The highest BCUT2D eigenvalue weighted by molar-refractivity contribution is 5.68. The standard InChI is InChI=1S/C20H30N4O2/c1-13(22-19(25)26-20(4,5)6)12-24-15(3)18(14(2)23-24)11-16-7-9-17(21)10-8-16/h7-10,13H,11-12,21H2,1-6H3,(H,22,25)/t13-/m0/s1. The van der Waals surface area contributed by atoms with Gasteiger partial charge in [0.15, 0.2) is 0 Å². The molecule has 142 valence electrons. The average molecular weight is 358 g/mol. The SMILES string of the molecule is Cc1nn(C[C@H](C)NC(=O)OC(C)(C)C)c(C)c1Cc1ccc(N)cc1. The molecule has 0 aliphatic heterocycles. The number of nitrogens with zero attached hydrogens (tertiary/aromatic N) is 2. The molecule has 0 saturated heterocycles. The molecule has 0 saturated carbocycles. The van der Waals surface area contributed by atoms with Crippen molar-refractivity contribution >= 4 is 11.8 Å². The lowest BCUT2D eigenvalue weighted by Gasteiger charge is -2.22. The van der Waals surface area contributed by atoms with Crippen molar-refractivity contribution in [1.82, 2.24) is 15.1 Å². The molecule has 0 bridgehead atoms. The molecule has 0 aliphatic rings. The number of benzene rings is 1. The van der Waals surface area contributed by atoms with Gasteiger partial charge in [0, 0.05) is 29.4 Å². The summed E-state index contributed by atoms with van der Waals surface area (Å²) in [6.07, 6.45) is 0.403. The van der Waals surface area contributed by atoms with Gasteiger partial charge in [-0.25, -0.2) is 4.79 Å². The zero-order valence-corrected chi connectivity index (χ0v) is 16.6. The molecule has 6 nitrogen and oxygen atoms in total. The van der Waals surface area contributed by atoms with Gasteiger partial charge in [-0.3, -0.25) is 4.68 Å². The number of anilines is 1. The molecule has 1 atom stereocenters. The molecular weight excluding hydrogens is 328 g/mol. The van der Waals surface area contributed by atoms with Crippen molar-refractivity contribution in [2.75, 3.05) is 5.73 Å². The van der Waals surface area contributed by atoms with Crippen molar-refractivity contribution in [3.05, 3.63) is 46.8 Å². The number of nitrogens with two attached hydrogens (primary N) is 1. The number of aromatic nitrogens is 2. The van der Waals surface area contributed by atoms with E-state index < -0.39 is 11.7 Å². The summed E-state index contributed by atoms with van der Waals surface area (Å²) < 4.78 is 7.25. The van der Waals surface area contributed by atoms with Gasteiger partial charge in [0.25, 0.3) is 0 Å². The number of nitrogens with one attached hydrogen (secondary N) is 1. The van der Waals surface area contributed by atoms with E-state index in [0.717, 1.165) is 23.5 Å². The summed E-state index contributed by atoms with van der Waals surface area (Å²) in [5.74, 6) is 0. The van der Waals surface area contributed by atoms with E-state index >= 15 is 0 Å². The first-order valence-electron chi connectivity index (χ1n) is 8.92. The van der Waals surface area contributed by atoms with Crippen molar-refractivity contribution in [3.63, 3.8) is 0 Å². The van der Waals surface area contributed by atoms with Gasteiger partial charge in [0.05, 0.1) is 12.2 Å². The summed E-state index contributed by atoms with van der Waals surface area (Å²) in [6.45, 7) is 12.2. The van der Waals surface area contributed by atoms with E-state index in [-0.39, 0.29) is 6.04 Å². The molecule has 2 rings (SSSR count). The van der Waals surface area contributed by atoms with Crippen LogP contribution in [0.1, 0.15) is 50.2 Å². The monoisotopic (exact) mass is 358 g/mol. The van der Waals surface area contributed by atoms with Gasteiger partial charge in [0.1, 0.15) is 5.60 Å². The van der Waals surface area contributed by atoms with Crippen LogP contribution < -0.4 is 11.1 Å². The van der Waals surface area contributed by atoms with Crippen LogP contribution in [0, 0.1) is 13.8 Å². The van der Waals surface area contributed by atoms with Crippen LogP contribution in [0.2, 0.25) is 0 Å². The Morgan fingerprint density at radius 1 is 1.27 bits per heavy atom. The smallest absolute Gasteiger partial charge is 0.407 e. The second-order valence-electron chi connectivity index (χ2n) is 7.80. The number of hydrogen-bond acceptors (Lipinski definition) is 4. The lowest BCUT2D eigenvalue weighted by molar-refractivity contribution is 0.0503. The number of aryl methyl sites for hydroxylation is 1. The number of alkyl carbamates (subject to hydrolysis) is 1. The quantitative estimate of drug-likeness (QED) is 0.800. The first kappa shape index (κ1) is 19.8. The minimum absolute atomic E-state index is 0.0905. The number of amides is 1. The van der Waals surface area contributed by atoms with E-state index in [4.69, 9.17) is 10.5 Å². The molecule has 0 aliphatic carbocycles. The minimum Gasteiger partial charge on any atom is -0.444 e. The normalized spacial score (nSPS) is 12.7. The molecule has 0 unspecified atom stereocenters. The molecule has 1 amide bonds. The zero-order chi connectivity index (χ0) is 19.5. The number of ether oxygens (including phenoxy) is 1. The predicted octanol–water partition coefficient (Wildman–Crippen LogP) is 3.59. The van der Waals surface area contributed by atoms with E-state index in [1.54, 1.807) is 0 Å². The van der Waals surface area contributed by atoms with Gasteiger partial charge in [-0.05, 0) is 59.2 Å². The van der Waals surface area contributed by atoms with E-state index in [0.29, 0.717) is 6.54 Å². The third-order valence-electron chi connectivity index (χ3n) is 4.10. The van der Waals surface area contributed by atoms with Gasteiger partial charge >= 0.3 is 6.09 Å². The second kappa shape index (κ2) is 7.81. The molecule has 26 heavy (non-hydrogen) atoms. The van der Waals surface area contributed by atoms with Crippen molar-refractivity contribution in [2.45, 2.75) is 66.2 Å². The molecule has 2 aromatic rings. The van der Waals surface area contributed by atoms with Crippen LogP contribution in [-0.4, -0.2) is 27.5 Å². The van der Waals surface area contributed by atoms with E-state index in [1.165, 1.54) is 11.1 Å². The van der Waals surface area contributed by atoms with Crippen LogP contribution in [0.5, 0.6) is 0 Å². The highest BCUT2D eigenvalue weighted by Gasteiger charge is 2.19. The average Bonchev–Trinajstić information content (AvgIpc) is 2.74. The summed E-state index contributed by atoms with van der Waals surface area (Å²) in [7, 11) is 0. The van der Waals surface area contributed by atoms with Crippen LogP contribution in [0.4, 0.5) is 10.5 Å². The third kappa shape index (κ3) is 5.51. The summed E-state index contributed by atoms with van der Waals surface area (Å²) in [5.41, 5.74) is 10.5. The molecule has 1 aromatic carbocycles. The second-order valence-corrected chi connectivity index (χ2v) is 7.80. The molecule has 0 radical (unpaired) electrons. The fourth-order valence-electron chi connectivity index (χ4n) is 2.82. The van der Waals surface area contributed by atoms with Crippen molar-refractivity contribution < 1.29 is 9.53 Å². The minimum atomic E-state index is -0.506. The van der Waals surface area contributed by atoms with E-state index in [9.17, 15) is 4.79 Å². The Balaban J connectivity index is 2.04. The summed E-state index contributed by atoms with van der Waals surface area (Å²) in [6, 6.07) is 7.82. The van der Waals surface area contributed by atoms with Crippen LogP contribution in [0.25, 0.3) is 0 Å². The van der Waals surface area contributed by atoms with Crippen LogP contribution in [0.15, 0.2) is 24.3 Å². The van der Waals surface area contributed by atoms with E-state index in [2.05, 4.69) is 17.3 Å². The summed E-state index contributed by atoms with van der Waals surface area (Å²) in [5, 5.41) is 7.51. The number of hydrogen-bond donors (Lipinski definition) is 2. The van der Waals surface area contributed by atoms with Crippen LogP contribution in [-0.2, 0) is 17.7 Å². The molecule has 1 heterocycles. The molecule has 1 aromatic heterocycles. The molecule has 3 N–H and O–H groups in total. The van der Waals surface area contributed by atoms with Gasteiger partial charge in [-0.2, -0.15) is 5.10 Å². The first-order valence-corrected chi connectivity index (χ1v) is 8.92. The fraction of sp³-hybridized carbons (Fsp3) is 0.500. The zero-order valence-electron chi connectivity index (χ0n) is 16.6. The number of nitrogen functional groups attached to an aromatic ring is 1. The Hall–Kier alpha value is -2.50. The van der Waals surface area contributed by atoms with Gasteiger partial charge in [-0.1, -0.05) is 12.1 Å². The summed E-state index contributed by atoms with van der Waals surface area (Å²) >= 11 is 0. The molecule has 6 heteroatoms. The molecule has 0 fully saturated rings. The topological polar surface area (TPSA) is 82.2 Å². The van der Waals surface area contributed by atoms with Crippen molar-refractivity contribution in [2.24, 2.45) is 0 Å². The molecular formula is C20H30N4O2. The first-order chi connectivity index (χ1) is 12.0. The number of rotatable bonds is 5. The van der Waals surface area contributed by atoms with Gasteiger partial charge in [0.2, 0.25) is 0 Å². The largest absolute Gasteiger partial charge is 0.444 e. The van der Waals surface area contributed by atoms with E-state index in [1.807, 2.05) is 63.6 Å². The van der Waals surface area contributed by atoms with Crippen LogP contribution >= 0.6 is 0 Å². The Kier molecular flexibility index (Phi) is 5.95. The Morgan fingerprint density at radius 3 is 2.46 bits per heavy atom. The van der Waals surface area contributed by atoms with Gasteiger partial charge < -0.3 is 15.8 Å². The Labute approximate surface area is 155 Å². The third-order valence-corrected chi connectivity index (χ3v) is 4.10. The lowest BCUT2D eigenvalue weighted by Crippen LogP contribution is -2.39. The Morgan fingerprint density at radius 2 is 1.88 bits per heavy atom. The fourth-order valence-corrected chi connectivity index (χ4v) is 2.82.